The molecule has 4 unspecified atom stereocenters. The minimum atomic E-state index is -4.69. The summed E-state index contributed by atoms with van der Waals surface area (Å²) in [7, 11) is -4.31. The predicted octanol–water partition coefficient (Wildman–Crippen LogP) is 9.19. The molecule has 206 valence electrons. The summed E-state index contributed by atoms with van der Waals surface area (Å²) in [6.07, 6.45) is 0.0821. The Balaban J connectivity index is 1.56. The van der Waals surface area contributed by atoms with Gasteiger partial charge in [0.25, 0.3) is 0 Å². The van der Waals surface area contributed by atoms with Crippen molar-refractivity contribution >= 4 is 38.3 Å². The van der Waals surface area contributed by atoms with Crippen LogP contribution in [0.2, 0.25) is 5.02 Å². The van der Waals surface area contributed by atoms with E-state index in [1.807, 2.05) is 48.6 Å². The van der Waals surface area contributed by atoms with Crippen molar-refractivity contribution < 1.29 is 26.0 Å². The molecule has 0 saturated heterocycles. The summed E-state index contributed by atoms with van der Waals surface area (Å²) in [5, 5.41) is 1.94. The van der Waals surface area contributed by atoms with E-state index in [0.29, 0.717) is 12.0 Å². The lowest BCUT2D eigenvalue weighted by Gasteiger charge is -2.50. The molecular formula is C32H25ClF4O2S. The zero-order valence-corrected chi connectivity index (χ0v) is 23.0. The molecule has 4 atom stereocenters. The number of hydrogen-bond acceptors (Lipinski definition) is 2. The van der Waals surface area contributed by atoms with E-state index in [2.05, 4.69) is 0 Å². The second-order valence-electron chi connectivity index (χ2n) is 10.9. The zero-order chi connectivity index (χ0) is 28.4. The first kappa shape index (κ1) is 27.0. The second kappa shape index (κ2) is 9.45. The molecule has 0 radical (unpaired) electrons. The maximum atomic E-state index is 14.5. The summed E-state index contributed by atoms with van der Waals surface area (Å²) in [5.41, 5.74) is 1.47. The van der Waals surface area contributed by atoms with Crippen LogP contribution in [-0.4, -0.2) is 13.2 Å². The highest BCUT2D eigenvalue weighted by molar-refractivity contribution is 7.92. The van der Waals surface area contributed by atoms with Gasteiger partial charge in [-0.25, -0.2) is 12.8 Å². The second-order valence-corrected chi connectivity index (χ2v) is 13.8. The molecule has 4 aromatic carbocycles. The normalized spacial score (nSPS) is 24.5. The average Bonchev–Trinajstić information content (AvgIpc) is 2.93. The third kappa shape index (κ3) is 4.25. The van der Waals surface area contributed by atoms with E-state index >= 15 is 0 Å². The molecule has 2 aliphatic rings. The first-order valence-electron chi connectivity index (χ1n) is 13.0. The molecule has 4 aromatic rings. The van der Waals surface area contributed by atoms with Gasteiger partial charge in [0.2, 0.25) is 0 Å². The molecule has 1 fully saturated rings. The standard InChI is InChI=1S/C32H25ClF4O2S/c1-31(40(38,39)24-7-4-6-23(17-24)32(35,36)37)18-22(20-11-14-29(34)28(33)16-20)15-21-10-12-26-25-8-3-2-5-19(25)9-13-27(26)30(21)31/h2-14,16-17,21-22,30H,15,18H2,1H3. The van der Waals surface area contributed by atoms with Crippen molar-refractivity contribution in [1.29, 1.82) is 0 Å². The van der Waals surface area contributed by atoms with Crippen molar-refractivity contribution in [3.8, 4) is 0 Å². The molecule has 0 bridgehead atoms. The van der Waals surface area contributed by atoms with Gasteiger partial charge in [0, 0.05) is 5.92 Å². The van der Waals surface area contributed by atoms with E-state index in [9.17, 15) is 26.0 Å². The van der Waals surface area contributed by atoms with Gasteiger partial charge in [-0.3, -0.25) is 0 Å². The average molecular weight is 585 g/mol. The highest BCUT2D eigenvalue weighted by Gasteiger charge is 2.55. The van der Waals surface area contributed by atoms with Crippen LogP contribution in [0.1, 0.15) is 53.9 Å². The van der Waals surface area contributed by atoms with Gasteiger partial charge in [-0.05, 0) is 89.4 Å². The fraction of sp³-hybridized carbons (Fsp3) is 0.250. The van der Waals surface area contributed by atoms with Crippen LogP contribution in [0.5, 0.6) is 0 Å². The number of sulfone groups is 1. The van der Waals surface area contributed by atoms with E-state index in [4.69, 9.17) is 11.6 Å². The van der Waals surface area contributed by atoms with E-state index < -0.39 is 38.1 Å². The Morgan fingerprint density at radius 2 is 1.73 bits per heavy atom. The van der Waals surface area contributed by atoms with Gasteiger partial charge in [0.05, 0.1) is 20.2 Å². The van der Waals surface area contributed by atoms with Crippen LogP contribution >= 0.6 is 11.6 Å². The molecule has 40 heavy (non-hydrogen) atoms. The summed E-state index contributed by atoms with van der Waals surface area (Å²) < 4.78 is 82.4. The third-order valence-corrected chi connectivity index (χ3v) is 11.5. The van der Waals surface area contributed by atoms with Crippen LogP contribution in [0.3, 0.4) is 0 Å². The monoisotopic (exact) mass is 584 g/mol. The van der Waals surface area contributed by atoms with Crippen molar-refractivity contribution in [1.82, 2.24) is 0 Å². The van der Waals surface area contributed by atoms with E-state index in [1.165, 1.54) is 18.2 Å². The SMILES string of the molecule is CC1(S(=O)(=O)c2cccc(C(F)(F)F)c2)CC(c2ccc(F)c(Cl)c2)CC2C=Cc3c(ccc4ccccc34)C21. The van der Waals surface area contributed by atoms with Gasteiger partial charge in [0.1, 0.15) is 5.82 Å². The van der Waals surface area contributed by atoms with E-state index in [0.717, 1.165) is 40.1 Å². The lowest BCUT2D eigenvalue weighted by Crippen LogP contribution is -2.49. The van der Waals surface area contributed by atoms with Gasteiger partial charge in [0.15, 0.2) is 9.84 Å². The molecule has 0 N–H and O–H groups in total. The topological polar surface area (TPSA) is 34.1 Å². The Labute approximate surface area is 235 Å². The Morgan fingerprint density at radius 3 is 2.48 bits per heavy atom. The molecule has 2 nitrogen and oxygen atoms in total. The maximum absolute atomic E-state index is 14.5. The Bertz CT molecular complexity index is 1780. The molecule has 2 aliphatic carbocycles. The molecule has 0 aromatic heterocycles. The van der Waals surface area contributed by atoms with Gasteiger partial charge < -0.3 is 0 Å². The van der Waals surface area contributed by atoms with Crippen molar-refractivity contribution in [2.24, 2.45) is 5.92 Å². The predicted molar refractivity (Wildman–Crippen MR) is 150 cm³/mol. The van der Waals surface area contributed by atoms with Crippen molar-refractivity contribution in [3.63, 3.8) is 0 Å². The highest BCUT2D eigenvalue weighted by atomic mass is 35.5. The molecule has 0 spiro atoms. The van der Waals surface area contributed by atoms with Crippen LogP contribution < -0.4 is 0 Å². The summed E-state index contributed by atoms with van der Waals surface area (Å²) in [5.74, 6) is -1.61. The fourth-order valence-electron chi connectivity index (χ4n) is 6.76. The minimum Gasteiger partial charge on any atom is -0.223 e. The quantitative estimate of drug-likeness (QED) is 0.225. The van der Waals surface area contributed by atoms with E-state index in [-0.39, 0.29) is 28.2 Å². The molecule has 0 heterocycles. The summed E-state index contributed by atoms with van der Waals surface area (Å²) >= 11 is 6.10. The van der Waals surface area contributed by atoms with E-state index in [1.54, 1.807) is 13.0 Å². The molecular weight excluding hydrogens is 560 g/mol. The Hall–Kier alpha value is -3.16. The Morgan fingerprint density at radius 1 is 0.950 bits per heavy atom. The van der Waals surface area contributed by atoms with Crippen LogP contribution in [-0.2, 0) is 16.0 Å². The maximum Gasteiger partial charge on any atom is 0.416 e. The van der Waals surface area contributed by atoms with Gasteiger partial charge in [-0.15, -0.1) is 0 Å². The number of hydrogen-bond donors (Lipinski definition) is 0. The number of rotatable bonds is 3. The van der Waals surface area contributed by atoms with Crippen LogP contribution in [0.4, 0.5) is 17.6 Å². The minimum absolute atomic E-state index is 0.0573. The Kier molecular flexibility index (Phi) is 6.39. The van der Waals surface area contributed by atoms with Gasteiger partial charge >= 0.3 is 6.18 Å². The van der Waals surface area contributed by atoms with Gasteiger partial charge in [-0.2, -0.15) is 13.2 Å². The number of benzene rings is 4. The van der Waals surface area contributed by atoms with Crippen LogP contribution in [0.15, 0.2) is 89.8 Å². The number of fused-ring (bicyclic) bond motifs is 5. The highest BCUT2D eigenvalue weighted by Crippen LogP contribution is 2.58. The summed E-state index contributed by atoms with van der Waals surface area (Å²) in [6, 6.07) is 20.1. The first-order chi connectivity index (χ1) is 18.9. The first-order valence-corrected chi connectivity index (χ1v) is 14.8. The van der Waals surface area contributed by atoms with Crippen molar-refractivity contribution in [2.45, 2.75) is 47.4 Å². The molecule has 0 aliphatic heterocycles. The lowest BCUT2D eigenvalue weighted by molar-refractivity contribution is -0.137. The summed E-state index contributed by atoms with van der Waals surface area (Å²) in [4.78, 5) is -0.363. The van der Waals surface area contributed by atoms with Crippen LogP contribution in [0, 0.1) is 11.7 Å². The van der Waals surface area contributed by atoms with Crippen molar-refractivity contribution in [2.75, 3.05) is 0 Å². The number of allylic oxidation sites excluding steroid dienone is 1. The number of alkyl halides is 3. The third-order valence-electron chi connectivity index (χ3n) is 8.64. The van der Waals surface area contributed by atoms with Crippen molar-refractivity contribution in [3.05, 3.63) is 118 Å². The fourth-order valence-corrected chi connectivity index (χ4v) is 9.09. The smallest absolute Gasteiger partial charge is 0.223 e. The molecule has 1 saturated carbocycles. The largest absolute Gasteiger partial charge is 0.416 e. The zero-order valence-electron chi connectivity index (χ0n) is 21.4. The molecule has 6 rings (SSSR count). The number of halogens is 5. The lowest BCUT2D eigenvalue weighted by atomic mass is 9.61. The molecule has 0 amide bonds. The van der Waals surface area contributed by atoms with Gasteiger partial charge in [-0.1, -0.05) is 72.3 Å². The summed E-state index contributed by atoms with van der Waals surface area (Å²) in [6.45, 7) is 1.65. The van der Waals surface area contributed by atoms with Crippen LogP contribution in [0.25, 0.3) is 16.8 Å². The molecule has 8 heteroatoms.